The van der Waals surface area contributed by atoms with Crippen LogP contribution < -0.4 is 10.6 Å². The molecular weight excluding hydrogens is 270 g/mol. The van der Waals surface area contributed by atoms with Crippen molar-refractivity contribution in [1.82, 2.24) is 0 Å². The number of amides is 1. The molecule has 1 aliphatic rings. The highest BCUT2D eigenvalue weighted by Gasteiger charge is 2.22. The van der Waals surface area contributed by atoms with Crippen LogP contribution >= 0.6 is 0 Å². The second kappa shape index (κ2) is 5.24. The van der Waals surface area contributed by atoms with Crippen molar-refractivity contribution < 1.29 is 9.72 Å². The van der Waals surface area contributed by atoms with Crippen molar-refractivity contribution in [1.29, 1.82) is 0 Å². The zero-order chi connectivity index (χ0) is 14.8. The lowest BCUT2D eigenvalue weighted by Crippen LogP contribution is -2.15. The maximum atomic E-state index is 11.9. The van der Waals surface area contributed by atoms with E-state index in [0.717, 1.165) is 16.9 Å². The zero-order valence-corrected chi connectivity index (χ0v) is 11.1. The quantitative estimate of drug-likeness (QED) is 0.655. The van der Waals surface area contributed by atoms with E-state index in [1.165, 1.54) is 12.1 Å². The molecule has 6 nitrogen and oxygen atoms in total. The third-order valence-electron chi connectivity index (χ3n) is 3.43. The second-order valence-electron chi connectivity index (χ2n) is 4.84. The van der Waals surface area contributed by atoms with Crippen LogP contribution in [0, 0.1) is 10.1 Å². The van der Waals surface area contributed by atoms with Gasteiger partial charge in [-0.1, -0.05) is 24.3 Å². The number of nitro groups is 1. The predicted molar refractivity (Wildman–Crippen MR) is 79.1 cm³/mol. The van der Waals surface area contributed by atoms with Gasteiger partial charge in [0, 0.05) is 12.1 Å². The zero-order valence-electron chi connectivity index (χ0n) is 11.1. The van der Waals surface area contributed by atoms with Crippen LogP contribution in [-0.4, -0.2) is 10.8 Å². The molecule has 0 saturated heterocycles. The van der Waals surface area contributed by atoms with Crippen molar-refractivity contribution in [3.05, 3.63) is 64.2 Å². The Morgan fingerprint density at radius 2 is 1.71 bits per heavy atom. The largest absolute Gasteiger partial charge is 0.376 e. The van der Waals surface area contributed by atoms with Crippen LogP contribution in [0.1, 0.15) is 18.0 Å². The molecule has 0 aromatic heterocycles. The number of carbonyl (C=O) groups is 1. The normalized spacial score (nSPS) is 17.1. The van der Waals surface area contributed by atoms with Gasteiger partial charge >= 0.3 is 0 Å². The Balaban J connectivity index is 1.91. The van der Waals surface area contributed by atoms with Crippen LogP contribution in [0.4, 0.5) is 17.1 Å². The third kappa shape index (κ3) is 2.69. The van der Waals surface area contributed by atoms with Gasteiger partial charge < -0.3 is 10.6 Å². The average molecular weight is 283 g/mol. The molecule has 2 N–H and O–H groups in total. The number of benzene rings is 2. The summed E-state index contributed by atoms with van der Waals surface area (Å²) >= 11 is 0. The Hall–Kier alpha value is -2.89. The highest BCUT2D eigenvalue weighted by molar-refractivity contribution is 5.96. The van der Waals surface area contributed by atoms with Gasteiger partial charge in [-0.05, 0) is 17.7 Å². The van der Waals surface area contributed by atoms with Crippen LogP contribution in [0.15, 0.2) is 48.5 Å². The smallest absolute Gasteiger partial charge is 0.269 e. The first-order chi connectivity index (χ1) is 10.1. The highest BCUT2D eigenvalue weighted by atomic mass is 16.6. The fraction of sp³-hybridized carbons (Fsp3) is 0.133. The summed E-state index contributed by atoms with van der Waals surface area (Å²) < 4.78 is 0. The van der Waals surface area contributed by atoms with E-state index in [9.17, 15) is 14.9 Å². The van der Waals surface area contributed by atoms with Gasteiger partial charge in [0.15, 0.2) is 0 Å². The van der Waals surface area contributed by atoms with E-state index in [1.54, 1.807) is 12.1 Å². The maximum absolute atomic E-state index is 11.9. The van der Waals surface area contributed by atoms with Gasteiger partial charge in [-0.25, -0.2) is 0 Å². The molecule has 1 aliphatic heterocycles. The van der Waals surface area contributed by atoms with E-state index in [0.29, 0.717) is 0 Å². The van der Waals surface area contributed by atoms with E-state index in [2.05, 4.69) is 10.6 Å². The molecule has 2 aromatic carbocycles. The minimum atomic E-state index is -0.438. The predicted octanol–water partition coefficient (Wildman–Crippen LogP) is 3.09. The molecule has 1 amide bonds. The highest BCUT2D eigenvalue weighted by Crippen LogP contribution is 2.32. The number of fused-ring (bicyclic) bond motifs is 1. The summed E-state index contributed by atoms with van der Waals surface area (Å²) in [5.74, 6) is -0.0872. The summed E-state index contributed by atoms with van der Waals surface area (Å²) in [5.41, 5.74) is 2.46. The number of hydrogen-bond donors (Lipinski definition) is 2. The van der Waals surface area contributed by atoms with Gasteiger partial charge in [0.2, 0.25) is 5.91 Å². The van der Waals surface area contributed by atoms with E-state index >= 15 is 0 Å². The van der Waals surface area contributed by atoms with E-state index in [4.69, 9.17) is 0 Å². The monoisotopic (exact) mass is 283 g/mol. The number of hydrogen-bond acceptors (Lipinski definition) is 4. The van der Waals surface area contributed by atoms with Gasteiger partial charge in [0.05, 0.1) is 28.8 Å². The van der Waals surface area contributed by atoms with Crippen LogP contribution in [-0.2, 0) is 4.79 Å². The number of non-ortho nitro benzene ring substituents is 1. The summed E-state index contributed by atoms with van der Waals surface area (Å²) in [6.45, 7) is 0. The molecular formula is C15H13N3O3. The molecule has 0 saturated carbocycles. The Morgan fingerprint density at radius 1 is 1.05 bits per heavy atom. The number of nitro benzene ring substituents is 1. The summed E-state index contributed by atoms with van der Waals surface area (Å²) in [6, 6.07) is 13.5. The molecule has 0 fully saturated rings. The Morgan fingerprint density at radius 3 is 2.38 bits per heavy atom. The van der Waals surface area contributed by atoms with Crippen molar-refractivity contribution in [3.8, 4) is 0 Å². The summed E-state index contributed by atoms with van der Waals surface area (Å²) in [7, 11) is 0. The molecule has 106 valence electrons. The first kappa shape index (κ1) is 13.1. The topological polar surface area (TPSA) is 84.3 Å². The van der Waals surface area contributed by atoms with Gasteiger partial charge in [-0.15, -0.1) is 0 Å². The molecule has 2 aromatic rings. The van der Waals surface area contributed by atoms with Crippen LogP contribution in [0.2, 0.25) is 0 Å². The summed E-state index contributed by atoms with van der Waals surface area (Å²) in [5, 5.41) is 16.8. The molecule has 3 rings (SSSR count). The Bertz CT molecular complexity index is 698. The van der Waals surface area contributed by atoms with Crippen LogP contribution in [0.3, 0.4) is 0 Å². The van der Waals surface area contributed by atoms with E-state index in [-0.39, 0.29) is 24.1 Å². The average Bonchev–Trinajstić information content (AvgIpc) is 2.65. The molecule has 1 unspecified atom stereocenters. The standard InChI is InChI=1S/C15H13N3O3/c19-15-9-14(10-5-7-11(8-6-10)18(20)21)16-12-3-1-2-4-13(12)17-15/h1-8,14,16H,9H2,(H,17,19). The fourth-order valence-corrected chi connectivity index (χ4v) is 2.37. The number of nitrogens with zero attached hydrogens (tertiary/aromatic N) is 1. The Kier molecular flexibility index (Phi) is 3.27. The number of carbonyl (C=O) groups excluding carboxylic acids is 1. The van der Waals surface area contributed by atoms with E-state index < -0.39 is 4.92 Å². The molecule has 0 spiro atoms. The number of rotatable bonds is 2. The van der Waals surface area contributed by atoms with Crippen molar-refractivity contribution in [3.63, 3.8) is 0 Å². The first-order valence-corrected chi connectivity index (χ1v) is 6.53. The van der Waals surface area contributed by atoms with Crippen molar-refractivity contribution in [2.45, 2.75) is 12.5 Å². The van der Waals surface area contributed by atoms with Crippen LogP contribution in [0.25, 0.3) is 0 Å². The first-order valence-electron chi connectivity index (χ1n) is 6.53. The molecule has 6 heteroatoms. The van der Waals surface area contributed by atoms with Crippen molar-refractivity contribution >= 4 is 23.0 Å². The minimum absolute atomic E-state index is 0.0391. The van der Waals surface area contributed by atoms with Crippen molar-refractivity contribution in [2.24, 2.45) is 0 Å². The molecule has 21 heavy (non-hydrogen) atoms. The van der Waals surface area contributed by atoms with Gasteiger partial charge in [0.1, 0.15) is 0 Å². The summed E-state index contributed by atoms with van der Waals surface area (Å²) in [4.78, 5) is 22.2. The molecule has 1 heterocycles. The fourth-order valence-electron chi connectivity index (χ4n) is 2.37. The SMILES string of the molecule is O=C1CC(c2ccc([N+](=O)[O-])cc2)Nc2ccccc2N1. The minimum Gasteiger partial charge on any atom is -0.376 e. The second-order valence-corrected chi connectivity index (χ2v) is 4.84. The lowest BCUT2D eigenvalue weighted by Gasteiger charge is -2.17. The van der Waals surface area contributed by atoms with Crippen LogP contribution in [0.5, 0.6) is 0 Å². The van der Waals surface area contributed by atoms with Gasteiger partial charge in [0.25, 0.3) is 5.69 Å². The maximum Gasteiger partial charge on any atom is 0.269 e. The number of nitrogens with one attached hydrogen (secondary N) is 2. The number of para-hydroxylation sites is 2. The van der Waals surface area contributed by atoms with Gasteiger partial charge in [-0.3, -0.25) is 14.9 Å². The molecule has 1 atom stereocenters. The Labute approximate surface area is 120 Å². The van der Waals surface area contributed by atoms with E-state index in [1.807, 2.05) is 24.3 Å². The summed E-state index contributed by atoms with van der Waals surface area (Å²) in [6.07, 6.45) is 0.270. The number of anilines is 2. The lowest BCUT2D eigenvalue weighted by molar-refractivity contribution is -0.384. The molecule has 0 radical (unpaired) electrons. The third-order valence-corrected chi connectivity index (χ3v) is 3.43. The molecule has 0 bridgehead atoms. The van der Waals surface area contributed by atoms with Gasteiger partial charge in [-0.2, -0.15) is 0 Å². The lowest BCUT2D eigenvalue weighted by atomic mass is 10.0. The van der Waals surface area contributed by atoms with Crippen molar-refractivity contribution in [2.75, 3.05) is 10.6 Å². The molecule has 0 aliphatic carbocycles.